The van der Waals surface area contributed by atoms with Crippen LogP contribution in [0.2, 0.25) is 0 Å². The van der Waals surface area contributed by atoms with E-state index >= 15 is 0 Å². The lowest BCUT2D eigenvalue weighted by atomic mass is 10.0. The number of hydrogen-bond acceptors (Lipinski definition) is 3. The van der Waals surface area contributed by atoms with E-state index in [1.54, 1.807) is 0 Å². The summed E-state index contributed by atoms with van der Waals surface area (Å²) in [5.74, 6) is -0.535. The maximum atomic E-state index is 12.1. The molecule has 1 heterocycles. The first-order chi connectivity index (χ1) is 8.54. The van der Waals surface area contributed by atoms with Crippen molar-refractivity contribution in [1.82, 2.24) is 4.90 Å². The summed E-state index contributed by atoms with van der Waals surface area (Å²) < 4.78 is 0. The summed E-state index contributed by atoms with van der Waals surface area (Å²) in [7, 11) is 0. The Morgan fingerprint density at radius 1 is 1.17 bits per heavy atom. The van der Waals surface area contributed by atoms with Gasteiger partial charge in [0.25, 0.3) is 11.8 Å². The van der Waals surface area contributed by atoms with Crippen molar-refractivity contribution in [1.29, 1.82) is 0 Å². The van der Waals surface area contributed by atoms with Gasteiger partial charge >= 0.3 is 0 Å². The van der Waals surface area contributed by atoms with Crippen LogP contribution in [0.25, 0.3) is 5.57 Å². The number of nitrogens with two attached hydrogens (primary N) is 1. The highest BCUT2D eigenvalue weighted by molar-refractivity contribution is 6.33. The predicted octanol–water partition coefficient (Wildman–Crippen LogP) is 1.01. The molecule has 18 heavy (non-hydrogen) atoms. The van der Waals surface area contributed by atoms with Crippen LogP contribution in [0, 0.1) is 13.8 Å². The van der Waals surface area contributed by atoms with Crippen LogP contribution in [0.4, 0.5) is 0 Å². The quantitative estimate of drug-likeness (QED) is 0.807. The van der Waals surface area contributed by atoms with Crippen molar-refractivity contribution >= 4 is 17.4 Å². The Labute approximate surface area is 106 Å². The molecule has 0 radical (unpaired) electrons. The molecule has 0 saturated carbocycles. The van der Waals surface area contributed by atoms with Crippen LogP contribution >= 0.6 is 0 Å². The van der Waals surface area contributed by atoms with Crippen LogP contribution in [-0.4, -0.2) is 29.8 Å². The number of aryl methyl sites for hydroxylation is 2. The molecule has 2 N–H and O–H groups in total. The first kappa shape index (κ1) is 12.5. The molecular formula is C14H16N2O2. The molecule has 0 bridgehead atoms. The van der Waals surface area contributed by atoms with Gasteiger partial charge in [-0.15, -0.1) is 0 Å². The van der Waals surface area contributed by atoms with E-state index in [0.717, 1.165) is 16.7 Å². The van der Waals surface area contributed by atoms with Crippen LogP contribution < -0.4 is 5.73 Å². The molecule has 0 spiro atoms. The Bertz CT molecular complexity index is 547. The number of benzene rings is 1. The first-order valence-electron chi connectivity index (χ1n) is 5.90. The lowest BCUT2D eigenvalue weighted by molar-refractivity contribution is -0.136. The van der Waals surface area contributed by atoms with Crippen molar-refractivity contribution in [2.75, 3.05) is 13.1 Å². The van der Waals surface area contributed by atoms with Gasteiger partial charge in [-0.3, -0.25) is 14.5 Å². The van der Waals surface area contributed by atoms with Gasteiger partial charge in [-0.25, -0.2) is 0 Å². The van der Waals surface area contributed by atoms with Crippen molar-refractivity contribution < 1.29 is 9.59 Å². The highest BCUT2D eigenvalue weighted by Crippen LogP contribution is 2.24. The molecule has 0 saturated heterocycles. The standard InChI is InChI=1S/C14H16N2O2/c1-9-3-4-11(7-10(9)2)12-8-13(17)16(6-5-15)14(12)18/h3-4,7-8H,5-6,15H2,1-2H3. The second-order valence-electron chi connectivity index (χ2n) is 4.44. The Kier molecular flexibility index (Phi) is 3.30. The van der Waals surface area contributed by atoms with Crippen LogP contribution in [0.15, 0.2) is 24.3 Å². The zero-order valence-corrected chi connectivity index (χ0v) is 10.6. The minimum atomic E-state index is -0.279. The SMILES string of the molecule is Cc1ccc(C2=CC(=O)N(CCN)C2=O)cc1C. The van der Waals surface area contributed by atoms with Gasteiger partial charge in [0.2, 0.25) is 0 Å². The lowest BCUT2D eigenvalue weighted by Gasteiger charge is -2.13. The normalized spacial score (nSPS) is 15.3. The lowest BCUT2D eigenvalue weighted by Crippen LogP contribution is -2.35. The highest BCUT2D eigenvalue weighted by atomic mass is 16.2. The monoisotopic (exact) mass is 244 g/mol. The van der Waals surface area contributed by atoms with E-state index < -0.39 is 0 Å². The van der Waals surface area contributed by atoms with Gasteiger partial charge in [0.15, 0.2) is 0 Å². The maximum Gasteiger partial charge on any atom is 0.261 e. The molecule has 4 heteroatoms. The van der Waals surface area contributed by atoms with Crippen molar-refractivity contribution in [3.63, 3.8) is 0 Å². The minimum Gasteiger partial charge on any atom is -0.329 e. The summed E-state index contributed by atoms with van der Waals surface area (Å²) in [5.41, 5.74) is 8.90. The van der Waals surface area contributed by atoms with E-state index in [0.29, 0.717) is 5.57 Å². The number of nitrogens with zero attached hydrogens (tertiary/aromatic N) is 1. The zero-order valence-electron chi connectivity index (χ0n) is 10.6. The zero-order chi connectivity index (χ0) is 13.3. The molecule has 0 fully saturated rings. The molecule has 0 aromatic heterocycles. The fraction of sp³-hybridized carbons (Fsp3) is 0.286. The van der Waals surface area contributed by atoms with Gasteiger partial charge in [-0.05, 0) is 30.5 Å². The average Bonchev–Trinajstić information content (AvgIpc) is 2.61. The largest absolute Gasteiger partial charge is 0.329 e. The van der Waals surface area contributed by atoms with Gasteiger partial charge in [0, 0.05) is 19.2 Å². The number of rotatable bonds is 3. The van der Waals surface area contributed by atoms with Crippen LogP contribution in [0.1, 0.15) is 16.7 Å². The number of carbonyl (C=O) groups excluding carboxylic acids is 2. The van der Waals surface area contributed by atoms with Gasteiger partial charge in [0.05, 0.1) is 5.57 Å². The molecule has 94 valence electrons. The molecule has 1 aromatic rings. The smallest absolute Gasteiger partial charge is 0.261 e. The molecule has 1 aliphatic rings. The number of hydrogen-bond donors (Lipinski definition) is 1. The van der Waals surface area contributed by atoms with Gasteiger partial charge in [0.1, 0.15) is 0 Å². The number of carbonyl (C=O) groups is 2. The summed E-state index contributed by atoms with van der Waals surface area (Å²) in [6.07, 6.45) is 1.39. The maximum absolute atomic E-state index is 12.1. The molecule has 1 aromatic carbocycles. The molecule has 2 rings (SSSR count). The second-order valence-corrected chi connectivity index (χ2v) is 4.44. The number of amides is 2. The van der Waals surface area contributed by atoms with Crippen LogP contribution in [0.5, 0.6) is 0 Å². The summed E-state index contributed by atoms with van der Waals surface area (Å²) in [6, 6.07) is 5.75. The average molecular weight is 244 g/mol. The molecule has 0 aliphatic carbocycles. The summed E-state index contributed by atoms with van der Waals surface area (Å²) >= 11 is 0. The third-order valence-corrected chi connectivity index (χ3v) is 3.18. The highest BCUT2D eigenvalue weighted by Gasteiger charge is 2.30. The molecule has 0 atom stereocenters. The fourth-order valence-corrected chi connectivity index (χ4v) is 1.97. The topological polar surface area (TPSA) is 63.4 Å². The molecule has 4 nitrogen and oxygen atoms in total. The Hall–Kier alpha value is -1.94. The van der Waals surface area contributed by atoms with Crippen LogP contribution in [-0.2, 0) is 9.59 Å². The van der Waals surface area contributed by atoms with Crippen molar-refractivity contribution in [3.05, 3.63) is 41.0 Å². The fourth-order valence-electron chi connectivity index (χ4n) is 1.97. The van der Waals surface area contributed by atoms with Crippen LogP contribution in [0.3, 0.4) is 0 Å². The minimum absolute atomic E-state index is 0.256. The van der Waals surface area contributed by atoms with Crippen molar-refractivity contribution in [2.24, 2.45) is 5.73 Å². The van der Waals surface area contributed by atoms with E-state index in [2.05, 4.69) is 0 Å². The third kappa shape index (κ3) is 2.07. The third-order valence-electron chi connectivity index (χ3n) is 3.18. The number of imide groups is 1. The van der Waals surface area contributed by atoms with Gasteiger partial charge in [-0.1, -0.05) is 18.2 Å². The predicted molar refractivity (Wildman–Crippen MR) is 69.7 cm³/mol. The van der Waals surface area contributed by atoms with Gasteiger partial charge in [-0.2, -0.15) is 0 Å². The van der Waals surface area contributed by atoms with E-state index in [1.807, 2.05) is 32.0 Å². The Morgan fingerprint density at radius 3 is 2.50 bits per heavy atom. The molecular weight excluding hydrogens is 228 g/mol. The summed E-state index contributed by atoms with van der Waals surface area (Å²) in [6.45, 7) is 4.54. The molecule has 1 aliphatic heterocycles. The van der Waals surface area contributed by atoms with Crippen molar-refractivity contribution in [2.45, 2.75) is 13.8 Å². The summed E-state index contributed by atoms with van der Waals surface area (Å²) in [5, 5.41) is 0. The first-order valence-corrected chi connectivity index (χ1v) is 5.90. The Morgan fingerprint density at radius 2 is 1.89 bits per heavy atom. The summed E-state index contributed by atoms with van der Waals surface area (Å²) in [4.78, 5) is 25.0. The second kappa shape index (κ2) is 4.74. The van der Waals surface area contributed by atoms with E-state index in [1.165, 1.54) is 11.0 Å². The Balaban J connectivity index is 2.35. The van der Waals surface area contributed by atoms with E-state index in [-0.39, 0.29) is 24.9 Å². The van der Waals surface area contributed by atoms with E-state index in [9.17, 15) is 9.59 Å². The molecule has 2 amide bonds. The van der Waals surface area contributed by atoms with Gasteiger partial charge < -0.3 is 5.73 Å². The molecule has 0 unspecified atom stereocenters. The van der Waals surface area contributed by atoms with Crippen molar-refractivity contribution in [3.8, 4) is 0 Å². The van der Waals surface area contributed by atoms with E-state index in [4.69, 9.17) is 5.73 Å².